The summed E-state index contributed by atoms with van der Waals surface area (Å²) >= 11 is 5.65. The maximum absolute atomic E-state index is 14.2. The number of oxime groups is 1. The smallest absolute Gasteiger partial charge is 0.145 e. The summed E-state index contributed by atoms with van der Waals surface area (Å²) in [5, 5.41) is 22.5. The molecule has 0 bridgehead atoms. The minimum Gasteiger partial charge on any atom is -0.392 e. The van der Waals surface area contributed by atoms with Crippen molar-refractivity contribution < 1.29 is 18.7 Å². The van der Waals surface area contributed by atoms with Crippen molar-refractivity contribution >= 4 is 23.0 Å². The predicted molar refractivity (Wildman–Crippen MR) is 142 cm³/mol. The second kappa shape index (κ2) is 10.5. The van der Waals surface area contributed by atoms with E-state index in [1.165, 1.54) is 0 Å². The van der Waals surface area contributed by atoms with Crippen LogP contribution in [0.25, 0.3) is 0 Å². The van der Waals surface area contributed by atoms with Gasteiger partial charge in [-0.05, 0) is 43.7 Å². The Morgan fingerprint density at radius 2 is 1.87 bits per heavy atom. The number of hydrogen-bond acceptors (Lipinski definition) is 8. The van der Waals surface area contributed by atoms with Crippen molar-refractivity contribution in [3.05, 3.63) is 88.0 Å². The highest BCUT2D eigenvalue weighted by molar-refractivity contribution is 6.31. The van der Waals surface area contributed by atoms with Crippen molar-refractivity contribution in [3.8, 4) is 6.07 Å². The molecule has 2 aliphatic heterocycles. The zero-order valence-electron chi connectivity index (χ0n) is 21.5. The molecular weight excluding hydrogens is 526 g/mol. The Bertz CT molecular complexity index is 1410. The molecule has 11 heteroatoms. The van der Waals surface area contributed by atoms with Crippen LogP contribution >= 0.6 is 11.6 Å². The van der Waals surface area contributed by atoms with Gasteiger partial charge < -0.3 is 14.8 Å². The predicted octanol–water partition coefficient (Wildman–Crippen LogP) is 4.14. The molecule has 3 aromatic rings. The largest absolute Gasteiger partial charge is 0.392 e. The van der Waals surface area contributed by atoms with Crippen molar-refractivity contribution in [3.63, 3.8) is 0 Å². The van der Waals surface area contributed by atoms with Gasteiger partial charge in [0.1, 0.15) is 35.0 Å². The van der Waals surface area contributed by atoms with Crippen LogP contribution in [0.3, 0.4) is 0 Å². The van der Waals surface area contributed by atoms with Crippen molar-refractivity contribution in [2.24, 2.45) is 10.6 Å². The van der Waals surface area contributed by atoms with Crippen LogP contribution in [0.15, 0.2) is 54.1 Å². The van der Waals surface area contributed by atoms with E-state index in [9.17, 15) is 13.9 Å². The summed E-state index contributed by atoms with van der Waals surface area (Å²) < 4.78 is 28.4. The average Bonchev–Trinajstić information content (AvgIpc) is 2.85. The van der Waals surface area contributed by atoms with Gasteiger partial charge in [-0.15, -0.1) is 0 Å². The van der Waals surface area contributed by atoms with E-state index in [0.29, 0.717) is 17.8 Å². The summed E-state index contributed by atoms with van der Waals surface area (Å²) in [5.74, 6) is -1.84. The minimum atomic E-state index is -1.15. The maximum Gasteiger partial charge on any atom is 0.145 e. The molecule has 4 heterocycles. The Kier molecular flexibility index (Phi) is 7.25. The number of rotatable bonds is 8. The quantitative estimate of drug-likeness (QED) is 0.255. The lowest BCUT2D eigenvalue weighted by Gasteiger charge is -2.61. The standard InChI is InChI=1S/C28H27ClF2N6O2/c1-27(2,38)17-39-35-26(20-6-22(30)25(29)23(31)7-20)24-4-3-18(10-34-24)12-36-13-28(14-36)15-37(16-28)21-5-19(8-32)9-33-11-21/h3-7,9-11,38H,12-17H2,1-2H3/b35-26+. The van der Waals surface area contributed by atoms with E-state index in [-0.39, 0.29) is 23.3 Å². The minimum absolute atomic E-state index is 0.111. The van der Waals surface area contributed by atoms with Crippen LogP contribution in [0.2, 0.25) is 5.02 Å². The highest BCUT2D eigenvalue weighted by Gasteiger charge is 2.51. The second-order valence-corrected chi connectivity index (χ2v) is 11.3. The van der Waals surface area contributed by atoms with Crippen molar-refractivity contribution in [1.82, 2.24) is 14.9 Å². The number of hydrogen-bond donors (Lipinski definition) is 1. The summed E-state index contributed by atoms with van der Waals surface area (Å²) in [6, 6.07) is 9.76. The van der Waals surface area contributed by atoms with E-state index in [1.54, 1.807) is 38.5 Å². The summed E-state index contributed by atoms with van der Waals surface area (Å²) in [6.45, 7) is 7.47. The zero-order chi connectivity index (χ0) is 27.8. The Balaban J connectivity index is 1.23. The molecule has 39 heavy (non-hydrogen) atoms. The first kappa shape index (κ1) is 26.9. The first-order valence-corrected chi connectivity index (χ1v) is 12.8. The number of benzene rings is 1. The Labute approximate surface area is 230 Å². The lowest BCUT2D eigenvalue weighted by Crippen LogP contribution is -2.72. The van der Waals surface area contributed by atoms with E-state index < -0.39 is 22.3 Å². The molecule has 1 spiro atoms. The van der Waals surface area contributed by atoms with Gasteiger partial charge in [0, 0.05) is 56.1 Å². The Morgan fingerprint density at radius 3 is 2.49 bits per heavy atom. The van der Waals surface area contributed by atoms with Gasteiger partial charge in [-0.3, -0.25) is 14.9 Å². The first-order chi connectivity index (χ1) is 18.5. The third-order valence-electron chi connectivity index (χ3n) is 6.69. The molecule has 8 nitrogen and oxygen atoms in total. The topological polar surface area (TPSA) is 97.9 Å². The summed E-state index contributed by atoms with van der Waals surface area (Å²) in [5.41, 5.74) is 2.21. The van der Waals surface area contributed by atoms with Crippen LogP contribution in [0.5, 0.6) is 0 Å². The van der Waals surface area contributed by atoms with Gasteiger partial charge in [0.25, 0.3) is 0 Å². The van der Waals surface area contributed by atoms with Gasteiger partial charge in [-0.2, -0.15) is 5.26 Å². The van der Waals surface area contributed by atoms with Crippen molar-refractivity contribution in [1.29, 1.82) is 5.26 Å². The molecule has 0 amide bonds. The normalized spacial score (nSPS) is 16.9. The van der Waals surface area contributed by atoms with Crippen LogP contribution < -0.4 is 4.90 Å². The molecule has 0 saturated carbocycles. The highest BCUT2D eigenvalue weighted by atomic mass is 35.5. The van der Waals surface area contributed by atoms with Crippen LogP contribution in [0, 0.1) is 28.4 Å². The third kappa shape index (κ3) is 6.01. The second-order valence-electron chi connectivity index (χ2n) is 10.9. The third-order valence-corrected chi connectivity index (χ3v) is 7.05. The number of likely N-dealkylation sites (tertiary alicyclic amines) is 1. The summed E-state index contributed by atoms with van der Waals surface area (Å²) in [4.78, 5) is 18.5. The van der Waals surface area contributed by atoms with Gasteiger partial charge in [-0.1, -0.05) is 22.8 Å². The number of pyridine rings is 2. The molecule has 0 unspecified atom stereocenters. The fourth-order valence-corrected chi connectivity index (χ4v) is 5.04. The molecular formula is C28H27ClF2N6O2. The molecule has 2 fully saturated rings. The molecule has 2 aromatic heterocycles. The van der Waals surface area contributed by atoms with Gasteiger partial charge in [0.15, 0.2) is 0 Å². The monoisotopic (exact) mass is 552 g/mol. The maximum atomic E-state index is 14.2. The van der Waals surface area contributed by atoms with Crippen molar-refractivity contribution in [2.75, 3.05) is 37.7 Å². The van der Waals surface area contributed by atoms with E-state index in [4.69, 9.17) is 21.7 Å². The SMILES string of the molecule is CC(C)(O)CO/N=C(\c1cc(F)c(Cl)c(F)c1)c1ccc(CN2CC3(C2)CN(c2cncc(C#N)c2)C3)cn1. The molecule has 1 N–H and O–H groups in total. The number of aromatic nitrogens is 2. The number of nitriles is 1. The Hall–Kier alpha value is -3.65. The molecule has 2 saturated heterocycles. The van der Waals surface area contributed by atoms with Crippen LogP contribution in [-0.4, -0.2) is 64.1 Å². The fraction of sp³-hybridized carbons (Fsp3) is 0.357. The van der Waals surface area contributed by atoms with Crippen molar-refractivity contribution in [2.45, 2.75) is 26.0 Å². The number of anilines is 1. The van der Waals surface area contributed by atoms with Gasteiger partial charge in [0.2, 0.25) is 0 Å². The van der Waals surface area contributed by atoms with E-state index in [2.05, 4.69) is 31.0 Å². The lowest BCUT2D eigenvalue weighted by molar-refractivity contribution is -0.0274. The van der Waals surface area contributed by atoms with Gasteiger partial charge >= 0.3 is 0 Å². The van der Waals surface area contributed by atoms with E-state index in [0.717, 1.165) is 49.6 Å². The number of nitrogens with zero attached hydrogens (tertiary/aromatic N) is 6. The van der Waals surface area contributed by atoms with Gasteiger partial charge in [0.05, 0.1) is 28.7 Å². The molecule has 202 valence electrons. The average molecular weight is 553 g/mol. The lowest BCUT2D eigenvalue weighted by atomic mass is 9.72. The first-order valence-electron chi connectivity index (χ1n) is 12.4. The molecule has 0 atom stereocenters. The van der Waals surface area contributed by atoms with Crippen LogP contribution in [0.1, 0.15) is 36.2 Å². The molecule has 1 aromatic carbocycles. The highest BCUT2D eigenvalue weighted by Crippen LogP contribution is 2.42. The zero-order valence-corrected chi connectivity index (χ0v) is 22.3. The molecule has 5 rings (SSSR count). The summed E-state index contributed by atoms with van der Waals surface area (Å²) in [7, 11) is 0. The van der Waals surface area contributed by atoms with Gasteiger partial charge in [-0.25, -0.2) is 8.78 Å². The van der Waals surface area contributed by atoms with Crippen LogP contribution in [0.4, 0.5) is 14.5 Å². The molecule has 0 aliphatic carbocycles. The van der Waals surface area contributed by atoms with Crippen LogP contribution in [-0.2, 0) is 11.4 Å². The number of halogens is 3. The van der Waals surface area contributed by atoms with E-state index in [1.807, 2.05) is 12.1 Å². The summed E-state index contributed by atoms with van der Waals surface area (Å²) in [6.07, 6.45) is 5.06. The molecule has 2 aliphatic rings. The fourth-order valence-electron chi connectivity index (χ4n) is 4.93. The molecule has 0 radical (unpaired) electrons. The number of aliphatic hydroxyl groups is 1. The van der Waals surface area contributed by atoms with E-state index >= 15 is 0 Å². The Morgan fingerprint density at radius 1 is 1.15 bits per heavy atom.